The first kappa shape index (κ1) is 9.93. The normalized spacial score (nSPS) is 11.2. The number of nitrogens with one attached hydrogen (secondary N) is 1. The van der Waals surface area contributed by atoms with Crippen LogP contribution in [0.15, 0.2) is 6.20 Å². The average Bonchev–Trinajstić information content (AvgIpc) is 2.31. The maximum Gasteiger partial charge on any atom is 0.347 e. The van der Waals surface area contributed by atoms with Gasteiger partial charge in [0, 0.05) is 0 Å². The number of hydrogen-bond donors (Lipinski definition) is 2. The van der Waals surface area contributed by atoms with E-state index in [4.69, 9.17) is 5.11 Å². The van der Waals surface area contributed by atoms with E-state index in [1.807, 2.05) is 0 Å². The lowest BCUT2D eigenvalue weighted by atomic mass is 10.6. The van der Waals surface area contributed by atoms with Crippen LogP contribution in [0.1, 0.15) is 9.67 Å². The first-order chi connectivity index (χ1) is 5.88. The van der Waals surface area contributed by atoms with Crippen molar-refractivity contribution in [3.05, 3.63) is 11.1 Å². The molecule has 0 aromatic carbocycles. The number of rotatable bonds is 3. The maximum absolute atomic E-state index is 10.7. The molecule has 8 heteroatoms. The Bertz CT molecular complexity index is 421. The van der Waals surface area contributed by atoms with Crippen LogP contribution < -0.4 is 4.72 Å². The van der Waals surface area contributed by atoms with Crippen molar-refractivity contribution in [3.63, 3.8) is 0 Å². The smallest absolute Gasteiger partial charge is 0.347 e. The Balaban J connectivity index is 2.87. The van der Waals surface area contributed by atoms with E-state index >= 15 is 0 Å². The van der Waals surface area contributed by atoms with Gasteiger partial charge in [0.2, 0.25) is 10.0 Å². The zero-order chi connectivity index (χ0) is 10.1. The summed E-state index contributed by atoms with van der Waals surface area (Å²) in [5.41, 5.74) is 0. The molecule has 1 aromatic rings. The summed E-state index contributed by atoms with van der Waals surface area (Å²) in [5, 5.41) is 8.55. The van der Waals surface area contributed by atoms with E-state index in [1.165, 1.54) is 0 Å². The third-order valence-electron chi connectivity index (χ3n) is 0.989. The number of hydrogen-bond acceptors (Lipinski definition) is 5. The number of carboxylic acid groups (broad SMARTS) is 1. The third-order valence-corrected chi connectivity index (χ3v) is 2.58. The van der Waals surface area contributed by atoms with E-state index in [0.717, 1.165) is 23.8 Å². The average molecular weight is 222 g/mol. The highest BCUT2D eigenvalue weighted by atomic mass is 32.2. The molecule has 1 rings (SSSR count). The highest BCUT2D eigenvalue weighted by molar-refractivity contribution is 7.92. The van der Waals surface area contributed by atoms with E-state index in [-0.39, 0.29) is 10.0 Å². The molecule has 13 heavy (non-hydrogen) atoms. The molecule has 0 unspecified atom stereocenters. The summed E-state index contributed by atoms with van der Waals surface area (Å²) in [5.74, 6) is -1.13. The SMILES string of the molecule is CS(=O)(=O)Nc1ncc(C(=O)O)s1. The third kappa shape index (κ3) is 2.99. The van der Waals surface area contributed by atoms with Crippen LogP contribution in [0.5, 0.6) is 0 Å². The summed E-state index contributed by atoms with van der Waals surface area (Å²) < 4.78 is 23.4. The summed E-state index contributed by atoms with van der Waals surface area (Å²) in [6.45, 7) is 0. The summed E-state index contributed by atoms with van der Waals surface area (Å²) in [6, 6.07) is 0. The summed E-state index contributed by atoms with van der Waals surface area (Å²) >= 11 is 0.767. The van der Waals surface area contributed by atoms with Gasteiger partial charge in [-0.25, -0.2) is 18.2 Å². The zero-order valence-corrected chi connectivity index (χ0v) is 8.15. The van der Waals surface area contributed by atoms with Gasteiger partial charge in [0.05, 0.1) is 12.5 Å². The highest BCUT2D eigenvalue weighted by Crippen LogP contribution is 2.18. The van der Waals surface area contributed by atoms with Gasteiger partial charge in [0.25, 0.3) is 0 Å². The van der Waals surface area contributed by atoms with Crippen LogP contribution in [0, 0.1) is 0 Å². The van der Waals surface area contributed by atoms with Crippen molar-refractivity contribution in [2.45, 2.75) is 0 Å². The number of sulfonamides is 1. The summed E-state index contributed by atoms with van der Waals surface area (Å²) in [4.78, 5) is 13.9. The molecular weight excluding hydrogens is 216 g/mol. The number of nitrogens with zero attached hydrogens (tertiary/aromatic N) is 1. The van der Waals surface area contributed by atoms with Gasteiger partial charge in [-0.3, -0.25) is 4.72 Å². The molecule has 0 aliphatic rings. The number of aromatic nitrogens is 1. The lowest BCUT2D eigenvalue weighted by Crippen LogP contribution is -2.08. The lowest BCUT2D eigenvalue weighted by molar-refractivity contribution is 0.0702. The lowest BCUT2D eigenvalue weighted by Gasteiger charge is -1.95. The Morgan fingerprint density at radius 2 is 2.31 bits per heavy atom. The Hall–Kier alpha value is -1.15. The zero-order valence-electron chi connectivity index (χ0n) is 6.51. The quantitative estimate of drug-likeness (QED) is 0.762. The second kappa shape index (κ2) is 3.30. The van der Waals surface area contributed by atoms with E-state index < -0.39 is 16.0 Å². The predicted octanol–water partition coefficient (Wildman–Crippen LogP) is 0.213. The van der Waals surface area contributed by atoms with Crippen LogP contribution in [0.25, 0.3) is 0 Å². The second-order valence-electron chi connectivity index (χ2n) is 2.21. The van der Waals surface area contributed by atoms with Crippen LogP contribution in [-0.2, 0) is 10.0 Å². The minimum Gasteiger partial charge on any atom is -0.477 e. The second-order valence-corrected chi connectivity index (χ2v) is 4.99. The van der Waals surface area contributed by atoms with E-state index in [9.17, 15) is 13.2 Å². The fourth-order valence-electron chi connectivity index (χ4n) is 0.579. The van der Waals surface area contributed by atoms with E-state index in [2.05, 4.69) is 9.71 Å². The fourth-order valence-corrected chi connectivity index (χ4v) is 2.08. The number of carbonyl (C=O) groups is 1. The molecule has 0 radical (unpaired) electrons. The number of thiazole rings is 1. The van der Waals surface area contributed by atoms with Crippen molar-refractivity contribution in [3.8, 4) is 0 Å². The molecule has 0 aliphatic heterocycles. The molecule has 72 valence electrons. The topological polar surface area (TPSA) is 96.4 Å². The Morgan fingerprint density at radius 3 is 2.69 bits per heavy atom. The molecule has 0 aliphatic carbocycles. The van der Waals surface area contributed by atoms with Crippen molar-refractivity contribution in [1.29, 1.82) is 0 Å². The van der Waals surface area contributed by atoms with Gasteiger partial charge in [0.1, 0.15) is 4.88 Å². The van der Waals surface area contributed by atoms with Crippen molar-refractivity contribution in [1.82, 2.24) is 4.98 Å². The molecular formula is C5H6N2O4S2. The molecule has 1 heterocycles. The molecule has 0 saturated carbocycles. The molecule has 2 N–H and O–H groups in total. The molecule has 0 bridgehead atoms. The van der Waals surface area contributed by atoms with E-state index in [1.54, 1.807) is 0 Å². The summed E-state index contributed by atoms with van der Waals surface area (Å²) in [6.07, 6.45) is 2.06. The predicted molar refractivity (Wildman–Crippen MR) is 47.5 cm³/mol. The van der Waals surface area contributed by atoms with Crippen LogP contribution in [0.4, 0.5) is 5.13 Å². The maximum atomic E-state index is 10.7. The van der Waals surface area contributed by atoms with E-state index in [0.29, 0.717) is 0 Å². The molecule has 0 amide bonds. The minimum atomic E-state index is -3.38. The van der Waals surface area contributed by atoms with Crippen LogP contribution in [0.3, 0.4) is 0 Å². The number of aromatic carboxylic acids is 1. The number of anilines is 1. The van der Waals surface area contributed by atoms with Crippen molar-refractivity contribution >= 4 is 32.5 Å². The van der Waals surface area contributed by atoms with Crippen LogP contribution in [0.2, 0.25) is 0 Å². The molecule has 0 saturated heterocycles. The first-order valence-electron chi connectivity index (χ1n) is 3.05. The molecule has 0 fully saturated rings. The summed E-state index contributed by atoms with van der Waals surface area (Å²) in [7, 11) is -3.38. The first-order valence-corrected chi connectivity index (χ1v) is 5.76. The Labute approximate surface area is 78.3 Å². The Kier molecular flexibility index (Phi) is 2.52. The molecule has 0 atom stereocenters. The van der Waals surface area contributed by atoms with Crippen LogP contribution in [-0.4, -0.2) is 30.7 Å². The van der Waals surface area contributed by atoms with Gasteiger partial charge in [-0.15, -0.1) is 0 Å². The van der Waals surface area contributed by atoms with Gasteiger partial charge < -0.3 is 5.11 Å². The van der Waals surface area contributed by atoms with Crippen molar-refractivity contribution in [2.75, 3.05) is 11.0 Å². The fraction of sp³-hybridized carbons (Fsp3) is 0.200. The van der Waals surface area contributed by atoms with Gasteiger partial charge in [-0.2, -0.15) is 0 Å². The largest absolute Gasteiger partial charge is 0.477 e. The molecule has 0 spiro atoms. The van der Waals surface area contributed by atoms with Gasteiger partial charge in [-0.1, -0.05) is 11.3 Å². The van der Waals surface area contributed by atoms with Crippen LogP contribution >= 0.6 is 11.3 Å². The number of carboxylic acids is 1. The minimum absolute atomic E-state index is 0.00819. The Morgan fingerprint density at radius 1 is 1.69 bits per heavy atom. The standard InChI is InChI=1S/C5H6N2O4S2/c1-13(10,11)7-5-6-2-3(12-5)4(8)9/h2H,1H3,(H,6,7)(H,8,9). The van der Waals surface area contributed by atoms with Gasteiger partial charge >= 0.3 is 5.97 Å². The monoisotopic (exact) mass is 222 g/mol. The van der Waals surface area contributed by atoms with Crippen molar-refractivity contribution < 1.29 is 18.3 Å². The molecule has 6 nitrogen and oxygen atoms in total. The van der Waals surface area contributed by atoms with Crippen molar-refractivity contribution in [2.24, 2.45) is 0 Å². The highest BCUT2D eigenvalue weighted by Gasteiger charge is 2.10. The molecule has 1 aromatic heterocycles. The van der Waals surface area contributed by atoms with Gasteiger partial charge in [0.15, 0.2) is 5.13 Å². The van der Waals surface area contributed by atoms with Gasteiger partial charge in [-0.05, 0) is 0 Å².